The van der Waals surface area contributed by atoms with Gasteiger partial charge >= 0.3 is 0 Å². The SMILES string of the molecule is COc1ccc([C@@H]2CCN(C(=O)CSCc3ccccc3)C2)cc1. The Morgan fingerprint density at radius 2 is 1.92 bits per heavy atom. The van der Waals surface area contributed by atoms with Gasteiger partial charge in [-0.15, -0.1) is 11.8 Å². The molecule has 1 heterocycles. The van der Waals surface area contributed by atoms with Gasteiger partial charge in [0.25, 0.3) is 0 Å². The summed E-state index contributed by atoms with van der Waals surface area (Å²) in [7, 11) is 1.68. The Balaban J connectivity index is 1.46. The molecule has 0 unspecified atom stereocenters. The van der Waals surface area contributed by atoms with E-state index < -0.39 is 0 Å². The van der Waals surface area contributed by atoms with Crippen LogP contribution in [-0.4, -0.2) is 36.8 Å². The molecule has 0 saturated carbocycles. The number of benzene rings is 2. The van der Waals surface area contributed by atoms with Gasteiger partial charge in [0.05, 0.1) is 12.9 Å². The number of rotatable bonds is 6. The van der Waals surface area contributed by atoms with Crippen LogP contribution in [0.25, 0.3) is 0 Å². The number of methoxy groups -OCH3 is 1. The van der Waals surface area contributed by atoms with E-state index in [1.807, 2.05) is 35.2 Å². The number of hydrogen-bond donors (Lipinski definition) is 0. The number of carbonyl (C=O) groups excluding carboxylic acids is 1. The molecule has 0 spiro atoms. The van der Waals surface area contributed by atoms with E-state index in [0.717, 1.165) is 31.0 Å². The van der Waals surface area contributed by atoms with E-state index >= 15 is 0 Å². The Kier molecular flexibility index (Phi) is 5.81. The molecule has 1 fully saturated rings. The predicted molar refractivity (Wildman–Crippen MR) is 99.5 cm³/mol. The average molecular weight is 341 g/mol. The number of likely N-dealkylation sites (tertiary alicyclic amines) is 1. The van der Waals surface area contributed by atoms with Crippen molar-refractivity contribution in [2.24, 2.45) is 0 Å². The number of thioether (sulfide) groups is 1. The average Bonchev–Trinajstić information content (AvgIpc) is 3.13. The first-order chi connectivity index (χ1) is 11.8. The first-order valence-corrected chi connectivity index (χ1v) is 9.45. The Morgan fingerprint density at radius 1 is 1.17 bits per heavy atom. The number of carbonyl (C=O) groups is 1. The summed E-state index contributed by atoms with van der Waals surface area (Å²) < 4.78 is 5.20. The van der Waals surface area contributed by atoms with Crippen molar-refractivity contribution < 1.29 is 9.53 Å². The summed E-state index contributed by atoms with van der Waals surface area (Å²) in [5.74, 6) is 3.03. The van der Waals surface area contributed by atoms with Crippen LogP contribution in [0.4, 0.5) is 0 Å². The zero-order valence-corrected chi connectivity index (χ0v) is 14.8. The lowest BCUT2D eigenvalue weighted by Crippen LogP contribution is -2.30. The quantitative estimate of drug-likeness (QED) is 0.797. The van der Waals surface area contributed by atoms with Crippen molar-refractivity contribution in [1.82, 2.24) is 4.90 Å². The van der Waals surface area contributed by atoms with Gasteiger partial charge in [0.1, 0.15) is 5.75 Å². The number of hydrogen-bond acceptors (Lipinski definition) is 3. The van der Waals surface area contributed by atoms with Crippen LogP contribution >= 0.6 is 11.8 Å². The largest absolute Gasteiger partial charge is 0.497 e. The third kappa shape index (κ3) is 4.32. The minimum atomic E-state index is 0.256. The lowest BCUT2D eigenvalue weighted by molar-refractivity contribution is -0.127. The first kappa shape index (κ1) is 16.9. The molecule has 0 N–H and O–H groups in total. The van der Waals surface area contributed by atoms with E-state index in [-0.39, 0.29) is 5.91 Å². The molecular weight excluding hydrogens is 318 g/mol. The van der Waals surface area contributed by atoms with Crippen LogP contribution in [0, 0.1) is 0 Å². The Morgan fingerprint density at radius 3 is 2.62 bits per heavy atom. The molecule has 1 aliphatic heterocycles. The van der Waals surface area contributed by atoms with Crippen LogP contribution in [0.2, 0.25) is 0 Å². The second-order valence-electron chi connectivity index (χ2n) is 6.08. The fourth-order valence-electron chi connectivity index (χ4n) is 3.06. The van der Waals surface area contributed by atoms with Crippen LogP contribution < -0.4 is 4.74 Å². The topological polar surface area (TPSA) is 29.5 Å². The van der Waals surface area contributed by atoms with E-state index in [9.17, 15) is 4.79 Å². The maximum Gasteiger partial charge on any atom is 0.232 e. The summed E-state index contributed by atoms with van der Waals surface area (Å²) in [5.41, 5.74) is 2.57. The number of amides is 1. The highest BCUT2D eigenvalue weighted by Crippen LogP contribution is 2.29. The summed E-state index contributed by atoms with van der Waals surface area (Å²) in [6.45, 7) is 1.69. The molecule has 1 amide bonds. The van der Waals surface area contributed by atoms with E-state index in [2.05, 4.69) is 24.3 Å². The molecule has 0 aromatic heterocycles. The predicted octanol–water partition coefficient (Wildman–Crippen LogP) is 3.94. The summed E-state index contributed by atoms with van der Waals surface area (Å²) in [5, 5.41) is 0. The molecule has 1 aliphatic rings. The molecule has 1 saturated heterocycles. The molecule has 0 aliphatic carbocycles. The fourth-order valence-corrected chi connectivity index (χ4v) is 3.94. The second kappa shape index (κ2) is 8.25. The lowest BCUT2D eigenvalue weighted by Gasteiger charge is -2.16. The van der Waals surface area contributed by atoms with Crippen LogP contribution in [0.15, 0.2) is 54.6 Å². The highest BCUT2D eigenvalue weighted by atomic mass is 32.2. The van der Waals surface area contributed by atoms with Crippen LogP contribution in [-0.2, 0) is 10.5 Å². The van der Waals surface area contributed by atoms with Gasteiger partial charge in [0.2, 0.25) is 5.91 Å². The first-order valence-electron chi connectivity index (χ1n) is 8.29. The minimum Gasteiger partial charge on any atom is -0.497 e. The molecule has 1 atom stereocenters. The normalized spacial score (nSPS) is 17.0. The van der Waals surface area contributed by atoms with Gasteiger partial charge in [-0.05, 0) is 29.7 Å². The summed E-state index contributed by atoms with van der Waals surface area (Å²) in [4.78, 5) is 14.4. The molecule has 2 aromatic rings. The van der Waals surface area contributed by atoms with Crippen molar-refractivity contribution >= 4 is 17.7 Å². The zero-order valence-electron chi connectivity index (χ0n) is 14.0. The molecule has 3 rings (SSSR count). The molecule has 3 nitrogen and oxygen atoms in total. The third-order valence-corrected chi connectivity index (χ3v) is 5.45. The van der Waals surface area contributed by atoms with Gasteiger partial charge in [-0.25, -0.2) is 0 Å². The fraction of sp³-hybridized carbons (Fsp3) is 0.350. The van der Waals surface area contributed by atoms with Crippen molar-refractivity contribution in [3.63, 3.8) is 0 Å². The summed E-state index contributed by atoms with van der Waals surface area (Å²) >= 11 is 1.70. The second-order valence-corrected chi connectivity index (χ2v) is 7.06. The van der Waals surface area contributed by atoms with E-state index in [1.54, 1.807) is 18.9 Å². The van der Waals surface area contributed by atoms with Crippen molar-refractivity contribution in [3.8, 4) is 5.75 Å². The highest BCUT2D eigenvalue weighted by molar-refractivity contribution is 7.99. The van der Waals surface area contributed by atoms with Crippen molar-refractivity contribution in [2.45, 2.75) is 18.1 Å². The molecule has 2 aromatic carbocycles. The van der Waals surface area contributed by atoms with Gasteiger partial charge in [-0.1, -0.05) is 42.5 Å². The lowest BCUT2D eigenvalue weighted by atomic mass is 9.98. The molecule has 24 heavy (non-hydrogen) atoms. The molecule has 0 bridgehead atoms. The van der Waals surface area contributed by atoms with Crippen molar-refractivity contribution in [2.75, 3.05) is 26.0 Å². The maximum atomic E-state index is 12.4. The number of nitrogens with zero attached hydrogens (tertiary/aromatic N) is 1. The number of ether oxygens (including phenoxy) is 1. The Bertz CT molecular complexity index is 657. The van der Waals surface area contributed by atoms with Gasteiger partial charge in [0.15, 0.2) is 0 Å². The third-order valence-electron chi connectivity index (χ3n) is 4.47. The summed E-state index contributed by atoms with van der Waals surface area (Å²) in [6, 6.07) is 18.5. The van der Waals surface area contributed by atoms with Gasteiger partial charge < -0.3 is 9.64 Å². The molecule has 4 heteroatoms. The Labute approximate surface area is 148 Å². The molecule has 0 radical (unpaired) electrons. The zero-order chi connectivity index (χ0) is 16.8. The van der Waals surface area contributed by atoms with Crippen LogP contribution in [0.1, 0.15) is 23.5 Å². The van der Waals surface area contributed by atoms with Crippen molar-refractivity contribution in [3.05, 3.63) is 65.7 Å². The van der Waals surface area contributed by atoms with Gasteiger partial charge in [0, 0.05) is 24.8 Å². The molecule has 126 valence electrons. The Hall–Kier alpha value is -1.94. The van der Waals surface area contributed by atoms with E-state index in [0.29, 0.717) is 11.7 Å². The van der Waals surface area contributed by atoms with E-state index in [1.165, 1.54) is 11.1 Å². The van der Waals surface area contributed by atoms with E-state index in [4.69, 9.17) is 4.74 Å². The molecular formula is C20H23NO2S. The smallest absolute Gasteiger partial charge is 0.232 e. The van der Waals surface area contributed by atoms with Crippen LogP contribution in [0.5, 0.6) is 5.75 Å². The van der Waals surface area contributed by atoms with Crippen LogP contribution in [0.3, 0.4) is 0 Å². The van der Waals surface area contributed by atoms with Gasteiger partial charge in [-0.2, -0.15) is 0 Å². The summed E-state index contributed by atoms with van der Waals surface area (Å²) in [6.07, 6.45) is 1.04. The minimum absolute atomic E-state index is 0.256. The monoisotopic (exact) mass is 341 g/mol. The van der Waals surface area contributed by atoms with Crippen molar-refractivity contribution in [1.29, 1.82) is 0 Å². The standard InChI is InChI=1S/C20H23NO2S/c1-23-19-9-7-17(8-10-19)18-11-12-21(13-18)20(22)15-24-14-16-5-3-2-4-6-16/h2-10,18H,11-15H2,1H3/t18-/m1/s1. The van der Waals surface area contributed by atoms with Gasteiger partial charge in [-0.3, -0.25) is 4.79 Å². The highest BCUT2D eigenvalue weighted by Gasteiger charge is 2.27. The maximum absolute atomic E-state index is 12.4.